The van der Waals surface area contributed by atoms with E-state index in [2.05, 4.69) is 6.58 Å². The van der Waals surface area contributed by atoms with Crippen LogP contribution in [0.1, 0.15) is 13.3 Å². The molecule has 0 bridgehead atoms. The predicted molar refractivity (Wildman–Crippen MR) is 38.5 cm³/mol. The van der Waals surface area contributed by atoms with E-state index >= 15 is 0 Å². The van der Waals surface area contributed by atoms with Crippen molar-refractivity contribution in [1.82, 2.24) is 0 Å². The van der Waals surface area contributed by atoms with Crippen molar-refractivity contribution in [1.29, 1.82) is 0 Å². The first-order valence-corrected chi connectivity index (χ1v) is 3.21. The van der Waals surface area contributed by atoms with Crippen LogP contribution in [0.25, 0.3) is 0 Å². The Labute approximate surface area is 60.2 Å². The molecule has 0 aliphatic carbocycles. The molecule has 0 unspecified atom stereocenters. The molecule has 0 saturated heterocycles. The summed E-state index contributed by atoms with van der Waals surface area (Å²) in [7, 11) is 0. The van der Waals surface area contributed by atoms with E-state index in [1.807, 2.05) is 6.92 Å². The molecule has 0 aromatic rings. The molecule has 1 heterocycles. The van der Waals surface area contributed by atoms with E-state index < -0.39 is 0 Å². The lowest BCUT2D eigenvalue weighted by Crippen LogP contribution is -2.07. The van der Waals surface area contributed by atoms with Gasteiger partial charge in [0.1, 0.15) is 6.10 Å². The summed E-state index contributed by atoms with van der Waals surface area (Å²) in [6, 6.07) is 0. The topological polar surface area (TPSA) is 26.3 Å². The van der Waals surface area contributed by atoms with E-state index in [-0.39, 0.29) is 12.1 Å². The number of ether oxygens (including phenoxy) is 1. The highest BCUT2D eigenvalue weighted by Crippen LogP contribution is 2.12. The number of rotatable bonds is 2. The summed E-state index contributed by atoms with van der Waals surface area (Å²) in [5.41, 5.74) is 1.03. The summed E-state index contributed by atoms with van der Waals surface area (Å²) >= 11 is 0. The van der Waals surface area contributed by atoms with Crippen molar-refractivity contribution in [3.63, 3.8) is 0 Å². The smallest absolute Gasteiger partial charge is 0.331 e. The highest BCUT2D eigenvalue weighted by atomic mass is 16.5. The molecule has 1 aliphatic rings. The lowest BCUT2D eigenvalue weighted by atomic mass is 10.1. The minimum absolute atomic E-state index is 0.0648. The zero-order valence-corrected chi connectivity index (χ0v) is 5.96. The third kappa shape index (κ3) is 1.72. The van der Waals surface area contributed by atoms with Crippen LogP contribution in [0.4, 0.5) is 0 Å². The molecular formula is C8H10O2. The second kappa shape index (κ2) is 2.69. The van der Waals surface area contributed by atoms with Gasteiger partial charge in [0, 0.05) is 12.5 Å². The molecule has 0 radical (unpaired) electrons. The summed E-state index contributed by atoms with van der Waals surface area (Å²) in [6.45, 7) is 5.64. The molecule has 0 spiro atoms. The van der Waals surface area contributed by atoms with E-state index in [1.54, 1.807) is 6.08 Å². The third-order valence-corrected chi connectivity index (χ3v) is 1.26. The molecule has 0 aromatic heterocycles. The predicted octanol–water partition coefficient (Wildman–Crippen LogP) is 1.43. The number of cyclic esters (lactones) is 1. The molecule has 1 aliphatic heterocycles. The quantitative estimate of drug-likeness (QED) is 0.426. The SMILES string of the molecule is C=C(C)C[C@@H]1C=CC(=O)O1. The van der Waals surface area contributed by atoms with Gasteiger partial charge in [-0.2, -0.15) is 0 Å². The Morgan fingerprint density at radius 3 is 3.00 bits per heavy atom. The first-order chi connectivity index (χ1) is 4.68. The second-order valence-corrected chi connectivity index (χ2v) is 2.50. The second-order valence-electron chi connectivity index (χ2n) is 2.50. The van der Waals surface area contributed by atoms with Crippen LogP contribution >= 0.6 is 0 Å². The zero-order valence-electron chi connectivity index (χ0n) is 5.96. The monoisotopic (exact) mass is 138 g/mol. The van der Waals surface area contributed by atoms with Crippen LogP contribution in [0.5, 0.6) is 0 Å². The largest absolute Gasteiger partial charge is 0.455 e. The molecule has 54 valence electrons. The van der Waals surface area contributed by atoms with Gasteiger partial charge in [-0.15, -0.1) is 0 Å². The fourth-order valence-electron chi connectivity index (χ4n) is 0.867. The van der Waals surface area contributed by atoms with Gasteiger partial charge in [-0.1, -0.05) is 12.2 Å². The van der Waals surface area contributed by atoms with E-state index in [0.29, 0.717) is 0 Å². The molecule has 2 nitrogen and oxygen atoms in total. The lowest BCUT2D eigenvalue weighted by Gasteiger charge is -2.06. The van der Waals surface area contributed by atoms with Gasteiger partial charge in [-0.3, -0.25) is 0 Å². The van der Waals surface area contributed by atoms with Gasteiger partial charge in [0.15, 0.2) is 0 Å². The Balaban J connectivity index is 2.40. The maximum atomic E-state index is 10.5. The van der Waals surface area contributed by atoms with Gasteiger partial charge in [-0.05, 0) is 13.0 Å². The first-order valence-electron chi connectivity index (χ1n) is 3.21. The van der Waals surface area contributed by atoms with Gasteiger partial charge in [0.2, 0.25) is 0 Å². The van der Waals surface area contributed by atoms with E-state index in [0.717, 1.165) is 12.0 Å². The maximum Gasteiger partial charge on any atom is 0.331 e. The molecular weight excluding hydrogens is 128 g/mol. The molecule has 0 amide bonds. The van der Waals surface area contributed by atoms with E-state index in [1.165, 1.54) is 6.08 Å². The molecule has 1 atom stereocenters. The van der Waals surface area contributed by atoms with Crippen LogP contribution in [0.3, 0.4) is 0 Å². The Kier molecular flexibility index (Phi) is 1.90. The van der Waals surface area contributed by atoms with Gasteiger partial charge in [-0.25, -0.2) is 4.79 Å². The molecule has 0 aromatic carbocycles. The number of esters is 1. The number of hydrogen-bond acceptors (Lipinski definition) is 2. The standard InChI is InChI=1S/C8H10O2/c1-6(2)5-7-3-4-8(9)10-7/h3-4,7H,1,5H2,2H3/t7-/m0/s1. The highest BCUT2D eigenvalue weighted by Gasteiger charge is 2.15. The Hall–Kier alpha value is -1.05. The fraction of sp³-hybridized carbons (Fsp3) is 0.375. The summed E-state index contributed by atoms with van der Waals surface area (Å²) in [4.78, 5) is 10.5. The minimum Gasteiger partial charge on any atom is -0.455 e. The van der Waals surface area contributed by atoms with Crippen molar-refractivity contribution in [2.24, 2.45) is 0 Å². The van der Waals surface area contributed by atoms with Crippen molar-refractivity contribution in [2.45, 2.75) is 19.4 Å². The van der Waals surface area contributed by atoms with Gasteiger partial charge in [0.25, 0.3) is 0 Å². The fourth-order valence-corrected chi connectivity index (χ4v) is 0.867. The Morgan fingerprint density at radius 1 is 1.90 bits per heavy atom. The Bertz CT molecular complexity index is 191. The molecule has 1 rings (SSSR count). The van der Waals surface area contributed by atoms with Crippen molar-refractivity contribution in [2.75, 3.05) is 0 Å². The van der Waals surface area contributed by atoms with Crippen molar-refractivity contribution in [3.8, 4) is 0 Å². The van der Waals surface area contributed by atoms with Crippen molar-refractivity contribution < 1.29 is 9.53 Å². The molecule has 0 saturated carbocycles. The molecule has 0 fully saturated rings. The zero-order chi connectivity index (χ0) is 7.56. The number of carbonyl (C=O) groups excluding carboxylic acids is 1. The maximum absolute atomic E-state index is 10.5. The van der Waals surface area contributed by atoms with Crippen molar-refractivity contribution in [3.05, 3.63) is 24.3 Å². The van der Waals surface area contributed by atoms with Crippen LogP contribution in [0, 0.1) is 0 Å². The summed E-state index contributed by atoms with van der Waals surface area (Å²) in [5, 5.41) is 0. The van der Waals surface area contributed by atoms with Gasteiger partial charge < -0.3 is 4.74 Å². The van der Waals surface area contributed by atoms with Crippen LogP contribution in [0.15, 0.2) is 24.3 Å². The summed E-state index contributed by atoms with van der Waals surface area (Å²) in [6.07, 6.45) is 3.89. The summed E-state index contributed by atoms with van der Waals surface area (Å²) in [5.74, 6) is -0.244. The van der Waals surface area contributed by atoms with Crippen LogP contribution in [-0.4, -0.2) is 12.1 Å². The highest BCUT2D eigenvalue weighted by molar-refractivity contribution is 5.84. The normalized spacial score (nSPS) is 22.9. The van der Waals surface area contributed by atoms with Crippen LogP contribution in [0.2, 0.25) is 0 Å². The molecule has 10 heavy (non-hydrogen) atoms. The molecule has 2 heteroatoms. The summed E-state index contributed by atoms with van der Waals surface area (Å²) < 4.78 is 4.86. The third-order valence-electron chi connectivity index (χ3n) is 1.26. The number of hydrogen-bond donors (Lipinski definition) is 0. The lowest BCUT2D eigenvalue weighted by molar-refractivity contribution is -0.138. The van der Waals surface area contributed by atoms with Crippen LogP contribution < -0.4 is 0 Å². The average molecular weight is 138 g/mol. The first kappa shape index (κ1) is 7.06. The van der Waals surface area contributed by atoms with Crippen molar-refractivity contribution >= 4 is 5.97 Å². The number of carbonyl (C=O) groups is 1. The van der Waals surface area contributed by atoms with Gasteiger partial charge >= 0.3 is 5.97 Å². The van der Waals surface area contributed by atoms with Gasteiger partial charge in [0.05, 0.1) is 0 Å². The average Bonchev–Trinajstić information content (AvgIpc) is 2.13. The Morgan fingerprint density at radius 2 is 2.60 bits per heavy atom. The van der Waals surface area contributed by atoms with E-state index in [9.17, 15) is 4.79 Å². The minimum atomic E-state index is -0.244. The molecule has 0 N–H and O–H groups in total. The van der Waals surface area contributed by atoms with Crippen LogP contribution in [-0.2, 0) is 9.53 Å². The van der Waals surface area contributed by atoms with E-state index in [4.69, 9.17) is 4.74 Å².